The summed E-state index contributed by atoms with van der Waals surface area (Å²) in [5, 5.41) is 10.1. The van der Waals surface area contributed by atoms with Crippen LogP contribution < -0.4 is 5.43 Å². The van der Waals surface area contributed by atoms with Crippen molar-refractivity contribution in [1.29, 1.82) is 0 Å². The van der Waals surface area contributed by atoms with Crippen molar-refractivity contribution in [3.8, 4) is 0 Å². The summed E-state index contributed by atoms with van der Waals surface area (Å²) in [6.07, 6.45) is 16.3. The van der Waals surface area contributed by atoms with E-state index in [0.29, 0.717) is 44.6 Å². The van der Waals surface area contributed by atoms with E-state index < -0.39 is 5.60 Å². The van der Waals surface area contributed by atoms with Crippen LogP contribution in [0.3, 0.4) is 0 Å². The van der Waals surface area contributed by atoms with Gasteiger partial charge in [-0.2, -0.15) is 0 Å². The van der Waals surface area contributed by atoms with E-state index in [9.17, 15) is 14.7 Å². The summed E-state index contributed by atoms with van der Waals surface area (Å²) in [7, 11) is 0. The van der Waals surface area contributed by atoms with Gasteiger partial charge in [0.05, 0.1) is 6.04 Å². The van der Waals surface area contributed by atoms with Crippen molar-refractivity contribution in [1.82, 2.24) is 19.5 Å². The van der Waals surface area contributed by atoms with Crippen molar-refractivity contribution in [2.75, 3.05) is 31.6 Å². The van der Waals surface area contributed by atoms with Crippen molar-refractivity contribution in [3.63, 3.8) is 0 Å². The molecule has 2 saturated carbocycles. The van der Waals surface area contributed by atoms with Gasteiger partial charge in [0.25, 0.3) is 11.8 Å². The highest BCUT2D eigenvalue weighted by molar-refractivity contribution is 5.94. The van der Waals surface area contributed by atoms with E-state index in [0.717, 1.165) is 6.42 Å². The third kappa shape index (κ3) is 4.76. The Hall–Kier alpha value is -2.87. The number of amides is 2. The molecule has 2 amide bonds. The molecule has 1 atom stereocenters. The molecule has 2 aromatic rings. The fourth-order valence-corrected chi connectivity index (χ4v) is 6.65. The lowest BCUT2D eigenvalue weighted by Crippen LogP contribution is -2.53. The molecule has 6 rings (SSSR count). The standard InChI is InChI=1S/C29H39N5O3/c35-25(32-17-19-33(20-18-32)27(36)29(37)13-14-29)23-9-7-22(8-10-23)24-21-28(26-30-15-16-34(26)31-24)11-5-3-1-2-4-6-12-28/h7-10,15-16,24,31,37H,1-6,11-14,17-21H2. The molecule has 1 saturated heterocycles. The average Bonchev–Trinajstić information content (AvgIpc) is 3.46. The predicted molar refractivity (Wildman–Crippen MR) is 141 cm³/mol. The molecule has 8 nitrogen and oxygen atoms in total. The minimum Gasteiger partial charge on any atom is -0.380 e. The highest BCUT2D eigenvalue weighted by Gasteiger charge is 2.50. The minimum absolute atomic E-state index is 0.00465. The third-order valence-corrected chi connectivity index (χ3v) is 9.10. The number of hydrogen-bond acceptors (Lipinski definition) is 5. The van der Waals surface area contributed by atoms with Crippen LogP contribution in [0.15, 0.2) is 36.7 Å². The van der Waals surface area contributed by atoms with Crippen LogP contribution in [0.4, 0.5) is 0 Å². The quantitative estimate of drug-likeness (QED) is 0.663. The highest BCUT2D eigenvalue weighted by Crippen LogP contribution is 2.45. The normalized spacial score (nSPS) is 24.8. The summed E-state index contributed by atoms with van der Waals surface area (Å²) in [6, 6.07) is 8.26. The van der Waals surface area contributed by atoms with Crippen molar-refractivity contribution in [2.45, 2.75) is 87.7 Å². The zero-order valence-electron chi connectivity index (χ0n) is 21.7. The first kappa shape index (κ1) is 24.5. The minimum atomic E-state index is -1.14. The molecule has 2 N–H and O–H groups in total. The van der Waals surface area contributed by atoms with Crippen LogP contribution >= 0.6 is 0 Å². The Morgan fingerprint density at radius 3 is 2.14 bits per heavy atom. The Bertz CT molecular complexity index is 1120. The smallest absolute Gasteiger partial charge is 0.254 e. The fourth-order valence-electron chi connectivity index (χ4n) is 6.65. The van der Waals surface area contributed by atoms with E-state index in [1.807, 2.05) is 29.4 Å². The summed E-state index contributed by atoms with van der Waals surface area (Å²) in [5.74, 6) is 1.01. The van der Waals surface area contributed by atoms with Gasteiger partial charge in [0.2, 0.25) is 0 Å². The number of carbonyl (C=O) groups excluding carboxylic acids is 2. The molecule has 1 spiro atoms. The number of carbonyl (C=O) groups is 2. The number of imidazole rings is 1. The highest BCUT2D eigenvalue weighted by atomic mass is 16.3. The molecule has 3 fully saturated rings. The largest absolute Gasteiger partial charge is 0.380 e. The molecule has 8 heteroatoms. The van der Waals surface area contributed by atoms with Gasteiger partial charge in [0.1, 0.15) is 11.4 Å². The van der Waals surface area contributed by atoms with Crippen molar-refractivity contribution in [3.05, 3.63) is 53.6 Å². The number of fused-ring (bicyclic) bond motifs is 2. The van der Waals surface area contributed by atoms with Crippen LogP contribution in [0.5, 0.6) is 0 Å². The van der Waals surface area contributed by atoms with E-state index >= 15 is 0 Å². The summed E-state index contributed by atoms with van der Waals surface area (Å²) in [6.45, 7) is 1.95. The van der Waals surface area contributed by atoms with E-state index in [2.05, 4.69) is 22.2 Å². The van der Waals surface area contributed by atoms with Crippen LogP contribution in [-0.4, -0.2) is 68.2 Å². The van der Waals surface area contributed by atoms with Gasteiger partial charge in [-0.05, 0) is 49.8 Å². The van der Waals surface area contributed by atoms with Crippen LogP contribution in [0.2, 0.25) is 0 Å². The number of nitrogens with zero attached hydrogens (tertiary/aromatic N) is 4. The second-order valence-electron chi connectivity index (χ2n) is 11.6. The van der Waals surface area contributed by atoms with Gasteiger partial charge in [0, 0.05) is 49.6 Å². The Balaban J connectivity index is 1.13. The molecule has 198 valence electrons. The zero-order chi connectivity index (χ0) is 25.5. The first-order valence-corrected chi connectivity index (χ1v) is 14.2. The average molecular weight is 506 g/mol. The molecular formula is C29H39N5O3. The van der Waals surface area contributed by atoms with Gasteiger partial charge in [-0.3, -0.25) is 14.3 Å². The van der Waals surface area contributed by atoms with Gasteiger partial charge < -0.3 is 20.3 Å². The Labute approximate surface area is 219 Å². The number of aliphatic hydroxyl groups is 1. The second-order valence-corrected chi connectivity index (χ2v) is 11.6. The maximum Gasteiger partial charge on any atom is 0.254 e. The molecule has 1 aromatic heterocycles. The molecule has 3 heterocycles. The lowest BCUT2D eigenvalue weighted by atomic mass is 9.71. The molecule has 2 aliphatic carbocycles. The van der Waals surface area contributed by atoms with Crippen LogP contribution in [-0.2, 0) is 10.2 Å². The number of nitrogens with one attached hydrogen (secondary N) is 1. The van der Waals surface area contributed by atoms with Crippen molar-refractivity contribution >= 4 is 11.8 Å². The molecule has 1 aromatic carbocycles. The van der Waals surface area contributed by atoms with E-state index in [1.54, 1.807) is 4.90 Å². The maximum absolute atomic E-state index is 13.2. The topological polar surface area (TPSA) is 90.7 Å². The summed E-state index contributed by atoms with van der Waals surface area (Å²) in [5.41, 5.74) is 4.50. The lowest BCUT2D eigenvalue weighted by Gasteiger charge is -2.42. The maximum atomic E-state index is 13.2. The SMILES string of the molecule is O=C(c1ccc(C2CC3(CCCCCCCC3)c3nccn3N2)cc1)N1CCN(C(=O)C2(O)CC2)CC1. The van der Waals surface area contributed by atoms with Gasteiger partial charge in [-0.15, -0.1) is 0 Å². The Morgan fingerprint density at radius 1 is 0.865 bits per heavy atom. The van der Waals surface area contributed by atoms with Gasteiger partial charge >= 0.3 is 0 Å². The van der Waals surface area contributed by atoms with Crippen LogP contribution in [0, 0.1) is 0 Å². The first-order valence-electron chi connectivity index (χ1n) is 14.2. The van der Waals surface area contributed by atoms with Gasteiger partial charge in [-0.25, -0.2) is 4.98 Å². The molecule has 4 aliphatic rings. The van der Waals surface area contributed by atoms with Crippen LogP contribution in [0.1, 0.15) is 98.4 Å². The van der Waals surface area contributed by atoms with Gasteiger partial charge in [0.15, 0.2) is 0 Å². The number of rotatable bonds is 3. The van der Waals surface area contributed by atoms with Crippen LogP contribution in [0.25, 0.3) is 0 Å². The Morgan fingerprint density at radius 2 is 1.49 bits per heavy atom. The zero-order valence-corrected chi connectivity index (χ0v) is 21.7. The third-order valence-electron chi connectivity index (χ3n) is 9.10. The number of benzene rings is 1. The number of piperazine rings is 1. The molecular weight excluding hydrogens is 466 g/mol. The van der Waals surface area contributed by atoms with Gasteiger partial charge in [-0.1, -0.05) is 50.7 Å². The van der Waals surface area contributed by atoms with E-state index in [4.69, 9.17) is 4.98 Å². The monoisotopic (exact) mass is 505 g/mol. The second kappa shape index (κ2) is 9.78. The lowest BCUT2D eigenvalue weighted by molar-refractivity contribution is -0.143. The molecule has 37 heavy (non-hydrogen) atoms. The van der Waals surface area contributed by atoms with Crippen molar-refractivity contribution < 1.29 is 14.7 Å². The molecule has 0 radical (unpaired) electrons. The summed E-state index contributed by atoms with van der Waals surface area (Å²) in [4.78, 5) is 33.9. The number of aromatic nitrogens is 2. The molecule has 0 bridgehead atoms. The summed E-state index contributed by atoms with van der Waals surface area (Å²) >= 11 is 0. The van der Waals surface area contributed by atoms with Crippen molar-refractivity contribution in [2.24, 2.45) is 0 Å². The molecule has 1 unspecified atom stereocenters. The fraction of sp³-hybridized carbons (Fsp3) is 0.621. The summed E-state index contributed by atoms with van der Waals surface area (Å²) < 4.78 is 2.14. The Kier molecular flexibility index (Phi) is 6.47. The molecule has 2 aliphatic heterocycles. The predicted octanol–water partition coefficient (Wildman–Crippen LogP) is 3.75. The first-order chi connectivity index (χ1) is 18.0. The number of hydrogen-bond donors (Lipinski definition) is 2. The van der Waals surface area contributed by atoms with E-state index in [-0.39, 0.29) is 23.3 Å². The van der Waals surface area contributed by atoms with E-state index in [1.165, 1.54) is 62.8 Å².